The molecule has 0 bridgehead atoms. The minimum Gasteiger partial charge on any atom is -0.376 e. The van der Waals surface area contributed by atoms with Crippen molar-refractivity contribution in [3.05, 3.63) is 5.01 Å². The third-order valence-corrected chi connectivity index (χ3v) is 3.71. The molecule has 1 aliphatic rings. The van der Waals surface area contributed by atoms with E-state index in [2.05, 4.69) is 20.8 Å². The normalized spacial score (nSPS) is 20.7. The van der Waals surface area contributed by atoms with Gasteiger partial charge in [0.1, 0.15) is 0 Å². The highest BCUT2D eigenvalue weighted by atomic mass is 32.1. The Morgan fingerprint density at radius 2 is 2.44 bits per heavy atom. The Morgan fingerprint density at radius 3 is 3.11 bits per heavy atom. The van der Waals surface area contributed by atoms with Crippen molar-refractivity contribution in [2.24, 2.45) is 0 Å². The van der Waals surface area contributed by atoms with E-state index in [0.29, 0.717) is 10.1 Å². The molecule has 2 atom stereocenters. The largest absolute Gasteiger partial charge is 0.376 e. The zero-order valence-corrected chi connectivity index (χ0v) is 11.4. The van der Waals surface area contributed by atoms with Crippen LogP contribution in [0.3, 0.4) is 0 Å². The summed E-state index contributed by atoms with van der Waals surface area (Å²) < 4.78 is 5.54. The van der Waals surface area contributed by atoms with Crippen molar-refractivity contribution in [2.75, 3.05) is 18.5 Å². The van der Waals surface area contributed by atoms with Crippen LogP contribution >= 0.6 is 11.3 Å². The number of nitrogens with one attached hydrogen (secondary N) is 2. The molecular weight excluding hydrogens is 252 g/mol. The molecule has 2 rings (SSSR count). The molecule has 18 heavy (non-hydrogen) atoms. The SMILES string of the molecule is CCNc1nnc(C(=O)NC(C)C2CCCO2)s1. The molecule has 0 aromatic carbocycles. The van der Waals surface area contributed by atoms with Crippen LogP contribution in [0.5, 0.6) is 0 Å². The first-order valence-electron chi connectivity index (χ1n) is 6.20. The van der Waals surface area contributed by atoms with Crippen LogP contribution in [-0.2, 0) is 4.74 Å². The van der Waals surface area contributed by atoms with Gasteiger partial charge in [0.25, 0.3) is 5.91 Å². The summed E-state index contributed by atoms with van der Waals surface area (Å²) in [6.07, 6.45) is 2.18. The van der Waals surface area contributed by atoms with E-state index in [1.54, 1.807) is 0 Å². The maximum absolute atomic E-state index is 11.9. The number of amides is 1. The van der Waals surface area contributed by atoms with Crippen LogP contribution in [0.4, 0.5) is 5.13 Å². The lowest BCUT2D eigenvalue weighted by atomic mass is 10.1. The molecule has 2 N–H and O–H groups in total. The Kier molecular flexibility index (Phi) is 4.48. The summed E-state index contributed by atoms with van der Waals surface area (Å²) in [5, 5.41) is 14.8. The average molecular weight is 270 g/mol. The third-order valence-electron chi connectivity index (χ3n) is 2.83. The summed E-state index contributed by atoms with van der Waals surface area (Å²) in [5.41, 5.74) is 0. The number of aromatic nitrogens is 2. The fourth-order valence-electron chi connectivity index (χ4n) is 1.90. The number of carbonyl (C=O) groups excluding carboxylic acids is 1. The molecule has 6 nitrogen and oxygen atoms in total. The fourth-order valence-corrected chi connectivity index (χ4v) is 2.61. The molecule has 0 saturated carbocycles. The lowest BCUT2D eigenvalue weighted by Crippen LogP contribution is -2.40. The van der Waals surface area contributed by atoms with Gasteiger partial charge in [-0.1, -0.05) is 11.3 Å². The van der Waals surface area contributed by atoms with Gasteiger partial charge in [-0.15, -0.1) is 10.2 Å². The molecule has 7 heteroatoms. The summed E-state index contributed by atoms with van der Waals surface area (Å²) in [6.45, 7) is 5.48. The van der Waals surface area contributed by atoms with Gasteiger partial charge in [0.2, 0.25) is 10.1 Å². The highest BCUT2D eigenvalue weighted by Gasteiger charge is 2.25. The van der Waals surface area contributed by atoms with Crippen LogP contribution in [0, 0.1) is 0 Å². The molecule has 0 aliphatic carbocycles. The molecular formula is C11H18N4O2S. The minimum absolute atomic E-state index is 0.00600. The van der Waals surface area contributed by atoms with E-state index in [1.165, 1.54) is 11.3 Å². The van der Waals surface area contributed by atoms with E-state index in [0.717, 1.165) is 26.0 Å². The maximum atomic E-state index is 11.9. The zero-order chi connectivity index (χ0) is 13.0. The van der Waals surface area contributed by atoms with Gasteiger partial charge in [-0.25, -0.2) is 0 Å². The van der Waals surface area contributed by atoms with E-state index in [1.807, 2.05) is 13.8 Å². The van der Waals surface area contributed by atoms with Gasteiger partial charge in [-0.05, 0) is 26.7 Å². The van der Waals surface area contributed by atoms with Gasteiger partial charge in [-0.2, -0.15) is 0 Å². The van der Waals surface area contributed by atoms with E-state index in [-0.39, 0.29) is 18.1 Å². The molecule has 2 heterocycles. The molecule has 100 valence electrons. The lowest BCUT2D eigenvalue weighted by Gasteiger charge is -2.18. The van der Waals surface area contributed by atoms with Gasteiger partial charge in [0.15, 0.2) is 0 Å². The zero-order valence-electron chi connectivity index (χ0n) is 10.6. The van der Waals surface area contributed by atoms with E-state index < -0.39 is 0 Å². The number of hydrogen-bond donors (Lipinski definition) is 2. The molecule has 0 spiro atoms. The quantitative estimate of drug-likeness (QED) is 0.842. The lowest BCUT2D eigenvalue weighted by molar-refractivity contribution is 0.0712. The van der Waals surface area contributed by atoms with Crippen molar-refractivity contribution < 1.29 is 9.53 Å². The van der Waals surface area contributed by atoms with E-state index >= 15 is 0 Å². The van der Waals surface area contributed by atoms with E-state index in [4.69, 9.17) is 4.74 Å². The molecule has 1 amide bonds. The smallest absolute Gasteiger partial charge is 0.282 e. The van der Waals surface area contributed by atoms with Gasteiger partial charge in [0, 0.05) is 13.2 Å². The summed E-state index contributed by atoms with van der Waals surface area (Å²) in [6, 6.07) is 0.00600. The minimum atomic E-state index is -0.181. The Hall–Kier alpha value is -1.21. The van der Waals surface area contributed by atoms with E-state index in [9.17, 15) is 4.79 Å². The number of carbonyl (C=O) groups is 1. The summed E-state index contributed by atoms with van der Waals surface area (Å²) in [5.74, 6) is -0.181. The molecule has 0 radical (unpaired) electrons. The van der Waals surface area contributed by atoms with Crippen molar-refractivity contribution in [1.29, 1.82) is 0 Å². The second kappa shape index (κ2) is 6.10. The highest BCUT2D eigenvalue weighted by Crippen LogP contribution is 2.17. The topological polar surface area (TPSA) is 76.1 Å². The van der Waals surface area contributed by atoms with Gasteiger partial charge >= 0.3 is 0 Å². The molecule has 1 aromatic rings. The van der Waals surface area contributed by atoms with Crippen LogP contribution in [0.1, 0.15) is 36.5 Å². The average Bonchev–Trinajstić information content (AvgIpc) is 3.00. The van der Waals surface area contributed by atoms with Gasteiger partial charge in [0.05, 0.1) is 12.1 Å². The second-order valence-electron chi connectivity index (χ2n) is 4.26. The number of ether oxygens (including phenoxy) is 1. The molecule has 1 aliphatic heterocycles. The van der Waals surface area contributed by atoms with Crippen LogP contribution in [0.15, 0.2) is 0 Å². The molecule has 1 fully saturated rings. The first-order valence-corrected chi connectivity index (χ1v) is 7.02. The van der Waals surface area contributed by atoms with Gasteiger partial charge in [-0.3, -0.25) is 4.79 Å². The maximum Gasteiger partial charge on any atom is 0.282 e. The summed E-state index contributed by atoms with van der Waals surface area (Å²) >= 11 is 1.26. The van der Waals surface area contributed by atoms with Crippen LogP contribution in [-0.4, -0.2) is 41.4 Å². The first-order chi connectivity index (χ1) is 8.70. The summed E-state index contributed by atoms with van der Waals surface area (Å²) in [4.78, 5) is 11.9. The Morgan fingerprint density at radius 1 is 1.61 bits per heavy atom. The van der Waals surface area contributed by atoms with Crippen LogP contribution < -0.4 is 10.6 Å². The Bertz CT molecular complexity index is 404. The first kappa shape index (κ1) is 13.2. The predicted octanol–water partition coefficient (Wildman–Crippen LogP) is 1.27. The van der Waals surface area contributed by atoms with Crippen molar-refractivity contribution in [3.8, 4) is 0 Å². The number of hydrogen-bond acceptors (Lipinski definition) is 6. The number of anilines is 1. The molecule has 1 aromatic heterocycles. The van der Waals surface area contributed by atoms with Crippen molar-refractivity contribution >= 4 is 22.4 Å². The predicted molar refractivity (Wildman–Crippen MR) is 70.0 cm³/mol. The Balaban J connectivity index is 1.89. The molecule has 2 unspecified atom stereocenters. The second-order valence-corrected chi connectivity index (χ2v) is 5.23. The third kappa shape index (κ3) is 3.17. The van der Waals surface area contributed by atoms with Crippen molar-refractivity contribution in [2.45, 2.75) is 38.8 Å². The number of nitrogens with zero attached hydrogens (tertiary/aromatic N) is 2. The highest BCUT2D eigenvalue weighted by molar-refractivity contribution is 7.17. The monoisotopic (exact) mass is 270 g/mol. The van der Waals surface area contributed by atoms with Crippen molar-refractivity contribution in [1.82, 2.24) is 15.5 Å². The number of rotatable bonds is 5. The standard InChI is InChI=1S/C11H18N4O2S/c1-3-12-11-15-14-10(18-11)9(16)13-7(2)8-5-4-6-17-8/h7-8H,3-6H2,1-2H3,(H,12,15)(H,13,16). The molecule has 1 saturated heterocycles. The Labute approximate surface area is 110 Å². The van der Waals surface area contributed by atoms with Crippen LogP contribution in [0.2, 0.25) is 0 Å². The van der Waals surface area contributed by atoms with Crippen molar-refractivity contribution in [3.63, 3.8) is 0 Å². The summed E-state index contributed by atoms with van der Waals surface area (Å²) in [7, 11) is 0. The van der Waals surface area contributed by atoms with Crippen LogP contribution in [0.25, 0.3) is 0 Å². The fraction of sp³-hybridized carbons (Fsp3) is 0.727. The van der Waals surface area contributed by atoms with Gasteiger partial charge < -0.3 is 15.4 Å².